The van der Waals surface area contributed by atoms with Crippen molar-refractivity contribution in [1.29, 1.82) is 0 Å². The molecule has 2 atom stereocenters. The zero-order valence-electron chi connectivity index (χ0n) is 8.43. The molecule has 0 amide bonds. The molecule has 2 unspecified atom stereocenters. The molecule has 0 saturated carbocycles. The van der Waals surface area contributed by atoms with Gasteiger partial charge < -0.3 is 5.73 Å². The molecule has 0 saturated heterocycles. The highest BCUT2D eigenvalue weighted by molar-refractivity contribution is 9.10. The van der Waals surface area contributed by atoms with Crippen molar-refractivity contribution < 1.29 is 4.39 Å². The van der Waals surface area contributed by atoms with Crippen molar-refractivity contribution in [3.8, 4) is 0 Å². The van der Waals surface area contributed by atoms with E-state index in [1.54, 1.807) is 6.07 Å². The lowest BCUT2D eigenvalue weighted by Crippen LogP contribution is -2.17. The molecular formula is C11H15BrFN. The quantitative estimate of drug-likeness (QED) is 0.886. The van der Waals surface area contributed by atoms with Gasteiger partial charge in [-0.2, -0.15) is 0 Å². The average molecular weight is 260 g/mol. The predicted molar refractivity (Wildman–Crippen MR) is 60.7 cm³/mol. The summed E-state index contributed by atoms with van der Waals surface area (Å²) >= 11 is 3.18. The first-order valence-corrected chi connectivity index (χ1v) is 5.51. The van der Waals surface area contributed by atoms with E-state index in [1.165, 1.54) is 0 Å². The molecule has 2 N–H and O–H groups in total. The lowest BCUT2D eigenvalue weighted by molar-refractivity contribution is 0.474. The molecular weight excluding hydrogens is 245 g/mol. The summed E-state index contributed by atoms with van der Waals surface area (Å²) in [6.45, 7) is 4.61. The van der Waals surface area contributed by atoms with Gasteiger partial charge in [-0.15, -0.1) is 0 Å². The van der Waals surface area contributed by atoms with Crippen molar-refractivity contribution >= 4 is 15.9 Å². The van der Waals surface area contributed by atoms with E-state index in [0.29, 0.717) is 16.9 Å². The summed E-state index contributed by atoms with van der Waals surface area (Å²) in [5, 5.41) is 0. The molecule has 1 aromatic rings. The van der Waals surface area contributed by atoms with Crippen LogP contribution in [0.15, 0.2) is 22.7 Å². The Morgan fingerprint density at radius 3 is 2.64 bits per heavy atom. The topological polar surface area (TPSA) is 26.0 Å². The third-order valence-corrected chi connectivity index (χ3v) is 3.31. The number of nitrogens with two attached hydrogens (primary N) is 1. The smallest absolute Gasteiger partial charge is 0.140 e. The molecule has 0 fully saturated rings. The van der Waals surface area contributed by atoms with Crippen molar-refractivity contribution in [1.82, 2.24) is 0 Å². The number of rotatable bonds is 3. The maximum absolute atomic E-state index is 13.7. The third-order valence-electron chi connectivity index (χ3n) is 2.70. The van der Waals surface area contributed by atoms with Crippen LogP contribution < -0.4 is 5.73 Å². The van der Waals surface area contributed by atoms with Gasteiger partial charge in [-0.3, -0.25) is 0 Å². The monoisotopic (exact) mass is 259 g/mol. The van der Waals surface area contributed by atoms with Crippen molar-refractivity contribution in [2.24, 2.45) is 11.7 Å². The van der Waals surface area contributed by atoms with Gasteiger partial charge in [-0.25, -0.2) is 4.39 Å². The van der Waals surface area contributed by atoms with E-state index in [2.05, 4.69) is 15.9 Å². The minimum atomic E-state index is -0.166. The standard InChI is InChI=1S/C11H15BrFN/c1-7(6-14)8(2)9-4-3-5-10(12)11(9)13/h3-5,7-8H,6,14H2,1-2H3. The Balaban J connectivity index is 3.01. The fourth-order valence-electron chi connectivity index (χ4n) is 1.38. The van der Waals surface area contributed by atoms with Crippen molar-refractivity contribution in [2.75, 3.05) is 6.54 Å². The molecule has 1 aromatic carbocycles. The van der Waals surface area contributed by atoms with Crippen molar-refractivity contribution in [3.05, 3.63) is 34.1 Å². The van der Waals surface area contributed by atoms with Gasteiger partial charge >= 0.3 is 0 Å². The van der Waals surface area contributed by atoms with Crippen LogP contribution in [0.2, 0.25) is 0 Å². The van der Waals surface area contributed by atoms with E-state index in [9.17, 15) is 4.39 Å². The zero-order valence-corrected chi connectivity index (χ0v) is 10.0. The second-order valence-electron chi connectivity index (χ2n) is 3.64. The Hall–Kier alpha value is -0.410. The van der Waals surface area contributed by atoms with Gasteiger partial charge in [0.1, 0.15) is 5.82 Å². The predicted octanol–water partition coefficient (Wildman–Crippen LogP) is 3.29. The average Bonchev–Trinajstić information content (AvgIpc) is 2.20. The van der Waals surface area contributed by atoms with Crippen LogP contribution in [-0.4, -0.2) is 6.54 Å². The lowest BCUT2D eigenvalue weighted by Gasteiger charge is -2.19. The van der Waals surface area contributed by atoms with Gasteiger partial charge in [0.25, 0.3) is 0 Å². The molecule has 1 rings (SSSR count). The first-order valence-electron chi connectivity index (χ1n) is 4.72. The Labute approximate surface area is 92.6 Å². The number of halogens is 2. The molecule has 3 heteroatoms. The van der Waals surface area contributed by atoms with E-state index in [4.69, 9.17) is 5.73 Å². The molecule has 0 aliphatic rings. The molecule has 0 radical (unpaired) electrons. The van der Waals surface area contributed by atoms with E-state index in [1.807, 2.05) is 26.0 Å². The first-order chi connectivity index (χ1) is 6.57. The highest BCUT2D eigenvalue weighted by Gasteiger charge is 2.17. The molecule has 14 heavy (non-hydrogen) atoms. The van der Waals surface area contributed by atoms with Crippen LogP contribution in [0.1, 0.15) is 25.3 Å². The van der Waals surface area contributed by atoms with E-state index in [0.717, 1.165) is 5.56 Å². The van der Waals surface area contributed by atoms with Crippen LogP contribution in [0.25, 0.3) is 0 Å². The molecule has 0 aromatic heterocycles. The summed E-state index contributed by atoms with van der Waals surface area (Å²) in [4.78, 5) is 0. The Morgan fingerprint density at radius 2 is 2.07 bits per heavy atom. The molecule has 1 nitrogen and oxygen atoms in total. The van der Waals surface area contributed by atoms with Crippen LogP contribution in [0.3, 0.4) is 0 Å². The zero-order chi connectivity index (χ0) is 10.7. The largest absolute Gasteiger partial charge is 0.330 e. The SMILES string of the molecule is CC(CN)C(C)c1cccc(Br)c1F. The summed E-state index contributed by atoms with van der Waals surface area (Å²) in [6.07, 6.45) is 0. The van der Waals surface area contributed by atoms with Gasteiger partial charge in [0.15, 0.2) is 0 Å². The van der Waals surface area contributed by atoms with Crippen molar-refractivity contribution in [3.63, 3.8) is 0 Å². The fraction of sp³-hybridized carbons (Fsp3) is 0.455. The normalized spacial score (nSPS) is 15.2. The lowest BCUT2D eigenvalue weighted by atomic mass is 9.89. The highest BCUT2D eigenvalue weighted by atomic mass is 79.9. The number of hydrogen-bond donors (Lipinski definition) is 1. The maximum Gasteiger partial charge on any atom is 0.140 e. The minimum absolute atomic E-state index is 0.150. The van der Waals surface area contributed by atoms with E-state index < -0.39 is 0 Å². The van der Waals surface area contributed by atoms with Crippen LogP contribution in [0.4, 0.5) is 4.39 Å². The second-order valence-corrected chi connectivity index (χ2v) is 4.50. The van der Waals surface area contributed by atoms with Gasteiger partial charge in [-0.05, 0) is 45.9 Å². The second kappa shape index (κ2) is 4.89. The molecule has 0 aliphatic carbocycles. The van der Waals surface area contributed by atoms with Crippen molar-refractivity contribution in [2.45, 2.75) is 19.8 Å². The Bertz CT molecular complexity index is 314. The van der Waals surface area contributed by atoms with E-state index >= 15 is 0 Å². The molecule has 0 aliphatic heterocycles. The molecule has 78 valence electrons. The molecule has 0 bridgehead atoms. The highest BCUT2D eigenvalue weighted by Crippen LogP contribution is 2.29. The van der Waals surface area contributed by atoms with Gasteiger partial charge in [0, 0.05) is 0 Å². The van der Waals surface area contributed by atoms with Crippen LogP contribution in [0.5, 0.6) is 0 Å². The van der Waals surface area contributed by atoms with Crippen LogP contribution in [-0.2, 0) is 0 Å². The Morgan fingerprint density at radius 1 is 1.43 bits per heavy atom. The number of hydrogen-bond acceptors (Lipinski definition) is 1. The van der Waals surface area contributed by atoms with Crippen LogP contribution >= 0.6 is 15.9 Å². The summed E-state index contributed by atoms with van der Waals surface area (Å²) in [5.41, 5.74) is 6.30. The van der Waals surface area contributed by atoms with Crippen LogP contribution in [0, 0.1) is 11.7 Å². The Kier molecular flexibility index (Phi) is 4.08. The first kappa shape index (κ1) is 11.7. The van der Waals surface area contributed by atoms with Gasteiger partial charge in [-0.1, -0.05) is 26.0 Å². The van der Waals surface area contributed by atoms with E-state index in [-0.39, 0.29) is 11.7 Å². The fourth-order valence-corrected chi connectivity index (χ4v) is 1.76. The minimum Gasteiger partial charge on any atom is -0.330 e. The molecule has 0 spiro atoms. The number of benzene rings is 1. The molecule has 0 heterocycles. The summed E-state index contributed by atoms with van der Waals surface area (Å²) in [5.74, 6) is 0.275. The van der Waals surface area contributed by atoms with Gasteiger partial charge in [0.05, 0.1) is 4.47 Å². The van der Waals surface area contributed by atoms with Gasteiger partial charge in [0.2, 0.25) is 0 Å². The summed E-state index contributed by atoms with van der Waals surface area (Å²) in [6, 6.07) is 5.37. The summed E-state index contributed by atoms with van der Waals surface area (Å²) in [7, 11) is 0. The third kappa shape index (κ3) is 2.34. The maximum atomic E-state index is 13.7. The summed E-state index contributed by atoms with van der Waals surface area (Å²) < 4.78 is 14.2.